The minimum atomic E-state index is -4.54. The van der Waals surface area contributed by atoms with E-state index in [1.54, 1.807) is 42.6 Å². The normalized spacial score (nSPS) is 14.5. The van der Waals surface area contributed by atoms with Gasteiger partial charge in [0.2, 0.25) is 5.91 Å². The van der Waals surface area contributed by atoms with Crippen molar-refractivity contribution in [1.82, 2.24) is 9.88 Å². The summed E-state index contributed by atoms with van der Waals surface area (Å²) in [4.78, 5) is 33.6. The van der Waals surface area contributed by atoms with Crippen molar-refractivity contribution in [3.8, 4) is 0 Å². The van der Waals surface area contributed by atoms with Gasteiger partial charge in [-0.2, -0.15) is 13.2 Å². The molecule has 0 saturated carbocycles. The van der Waals surface area contributed by atoms with Crippen molar-refractivity contribution in [3.05, 3.63) is 89.6 Å². The van der Waals surface area contributed by atoms with Crippen LogP contribution in [-0.4, -0.2) is 54.9 Å². The lowest BCUT2D eigenvalue weighted by molar-refractivity contribution is -0.137. The van der Waals surface area contributed by atoms with E-state index in [4.69, 9.17) is 0 Å². The zero-order chi connectivity index (χ0) is 26.4. The van der Waals surface area contributed by atoms with E-state index >= 15 is 0 Å². The van der Waals surface area contributed by atoms with E-state index in [0.717, 1.165) is 44.0 Å². The lowest BCUT2D eigenvalue weighted by Crippen LogP contribution is -2.44. The van der Waals surface area contributed by atoms with Gasteiger partial charge in [0.1, 0.15) is 5.82 Å². The molecule has 37 heavy (non-hydrogen) atoms. The number of rotatable bonds is 6. The molecule has 0 spiro atoms. The maximum Gasteiger partial charge on any atom is 0.416 e. The molecule has 0 aliphatic carbocycles. The van der Waals surface area contributed by atoms with Gasteiger partial charge in [-0.05, 0) is 61.2 Å². The first kappa shape index (κ1) is 25.9. The van der Waals surface area contributed by atoms with Crippen molar-refractivity contribution in [3.63, 3.8) is 0 Å². The molecule has 0 unspecified atom stereocenters. The van der Waals surface area contributed by atoms with E-state index in [-0.39, 0.29) is 11.5 Å². The van der Waals surface area contributed by atoms with E-state index < -0.39 is 17.6 Å². The summed E-state index contributed by atoms with van der Waals surface area (Å²) in [6, 6.07) is 14.5. The number of benzene rings is 2. The molecule has 2 heterocycles. The molecule has 2 aromatic carbocycles. The molecule has 7 nitrogen and oxygen atoms in total. The largest absolute Gasteiger partial charge is 0.416 e. The zero-order valence-electron chi connectivity index (χ0n) is 20.1. The van der Waals surface area contributed by atoms with Crippen molar-refractivity contribution < 1.29 is 22.8 Å². The number of amides is 2. The molecular weight excluding hydrogens is 483 g/mol. The van der Waals surface area contributed by atoms with Crippen LogP contribution in [0, 0.1) is 0 Å². The van der Waals surface area contributed by atoms with Crippen molar-refractivity contribution >= 4 is 35.1 Å². The minimum absolute atomic E-state index is 0.110. The summed E-state index contributed by atoms with van der Waals surface area (Å²) >= 11 is 0. The molecule has 1 aliphatic heterocycles. The molecule has 1 aliphatic rings. The van der Waals surface area contributed by atoms with Crippen LogP contribution in [0.5, 0.6) is 0 Å². The highest BCUT2D eigenvalue weighted by Gasteiger charge is 2.30. The summed E-state index contributed by atoms with van der Waals surface area (Å²) in [6.07, 6.45) is 0.0998. The number of nitrogens with one attached hydrogen (secondary N) is 2. The highest BCUT2D eigenvalue weighted by molar-refractivity contribution is 6.05. The lowest BCUT2D eigenvalue weighted by Gasteiger charge is -2.33. The molecule has 2 amide bonds. The Morgan fingerprint density at radius 3 is 2.41 bits per heavy atom. The molecule has 2 N–H and O–H groups in total. The zero-order valence-corrected chi connectivity index (χ0v) is 20.1. The van der Waals surface area contributed by atoms with Crippen LogP contribution >= 0.6 is 0 Å². The number of carbonyl (C=O) groups excluding carboxylic acids is 2. The maximum atomic E-state index is 12.9. The molecule has 4 rings (SSSR count). The van der Waals surface area contributed by atoms with Crippen LogP contribution < -0.4 is 15.5 Å². The quantitative estimate of drug-likeness (QED) is 0.469. The Balaban J connectivity index is 1.34. The minimum Gasteiger partial charge on any atom is -0.368 e. The van der Waals surface area contributed by atoms with Crippen LogP contribution in [0.3, 0.4) is 0 Å². The highest BCUT2D eigenvalue weighted by atomic mass is 19.4. The van der Waals surface area contributed by atoms with Gasteiger partial charge in [0, 0.05) is 43.5 Å². The van der Waals surface area contributed by atoms with Crippen LogP contribution in [0.15, 0.2) is 72.9 Å². The lowest BCUT2D eigenvalue weighted by atomic mass is 10.1. The standard InChI is InChI=1S/C27H26F3N5O2/c1-34-12-14-35(15-13-34)23-9-10-24(31-18-23)33-25(36)11-8-19-4-2-7-22(16-19)32-26(37)20-5-3-6-21(17-20)27(28,29)30/h2-11,16-18H,12-15H2,1H3,(H,32,37)(H,31,33,36). The first-order chi connectivity index (χ1) is 17.7. The van der Waals surface area contributed by atoms with Gasteiger partial charge in [-0.3, -0.25) is 9.59 Å². The van der Waals surface area contributed by atoms with E-state index in [1.807, 2.05) is 6.07 Å². The van der Waals surface area contributed by atoms with E-state index in [2.05, 4.69) is 32.5 Å². The van der Waals surface area contributed by atoms with Gasteiger partial charge in [-0.25, -0.2) is 4.98 Å². The number of piperazine rings is 1. The molecular formula is C27H26F3N5O2. The number of carbonyl (C=O) groups is 2. The van der Waals surface area contributed by atoms with Crippen molar-refractivity contribution in [1.29, 1.82) is 0 Å². The number of alkyl halides is 3. The fourth-order valence-corrected chi connectivity index (χ4v) is 3.81. The summed E-state index contributed by atoms with van der Waals surface area (Å²) in [5, 5.41) is 5.29. The Bertz CT molecular complexity index is 1280. The van der Waals surface area contributed by atoms with Crippen molar-refractivity contribution in [2.45, 2.75) is 6.18 Å². The van der Waals surface area contributed by atoms with Gasteiger partial charge < -0.3 is 20.4 Å². The smallest absolute Gasteiger partial charge is 0.368 e. The third-order valence-electron chi connectivity index (χ3n) is 5.89. The van der Waals surface area contributed by atoms with Crippen molar-refractivity contribution in [2.24, 2.45) is 0 Å². The van der Waals surface area contributed by atoms with E-state index in [1.165, 1.54) is 18.2 Å². The summed E-state index contributed by atoms with van der Waals surface area (Å²) in [5.41, 5.74) is 1.000. The summed E-state index contributed by atoms with van der Waals surface area (Å²) in [7, 11) is 2.09. The number of hydrogen-bond donors (Lipinski definition) is 2. The van der Waals surface area contributed by atoms with Gasteiger partial charge in [-0.15, -0.1) is 0 Å². The molecule has 0 atom stereocenters. The summed E-state index contributed by atoms with van der Waals surface area (Å²) in [6.45, 7) is 3.82. The maximum absolute atomic E-state index is 12.9. The van der Waals surface area contributed by atoms with Gasteiger partial charge >= 0.3 is 6.18 Å². The number of likely N-dealkylation sites (N-methyl/N-ethyl adjacent to an activating group) is 1. The van der Waals surface area contributed by atoms with E-state index in [9.17, 15) is 22.8 Å². The SMILES string of the molecule is CN1CCN(c2ccc(NC(=O)C=Cc3cccc(NC(=O)c4cccc(C(F)(F)F)c4)c3)nc2)CC1. The van der Waals surface area contributed by atoms with Crippen LogP contribution in [0.1, 0.15) is 21.5 Å². The average molecular weight is 510 g/mol. The first-order valence-corrected chi connectivity index (χ1v) is 11.6. The number of anilines is 3. The summed E-state index contributed by atoms with van der Waals surface area (Å²) < 4.78 is 38.8. The number of aromatic nitrogens is 1. The highest BCUT2D eigenvalue weighted by Crippen LogP contribution is 2.29. The Kier molecular flexibility index (Phi) is 7.88. The molecule has 192 valence electrons. The van der Waals surface area contributed by atoms with Gasteiger partial charge in [0.25, 0.3) is 5.91 Å². The second kappa shape index (κ2) is 11.3. The van der Waals surface area contributed by atoms with Crippen LogP contribution in [0.4, 0.5) is 30.4 Å². The molecule has 1 saturated heterocycles. The van der Waals surface area contributed by atoms with Gasteiger partial charge in [-0.1, -0.05) is 18.2 Å². The van der Waals surface area contributed by atoms with Crippen LogP contribution in [-0.2, 0) is 11.0 Å². The Labute approximate surface area is 212 Å². The van der Waals surface area contributed by atoms with Crippen molar-refractivity contribution in [2.75, 3.05) is 48.8 Å². The second-order valence-corrected chi connectivity index (χ2v) is 8.67. The molecule has 10 heteroatoms. The average Bonchev–Trinajstić information content (AvgIpc) is 2.88. The predicted octanol–water partition coefficient (Wildman–Crippen LogP) is 4.76. The summed E-state index contributed by atoms with van der Waals surface area (Å²) in [5.74, 6) is -0.621. The van der Waals surface area contributed by atoms with Gasteiger partial charge in [0.15, 0.2) is 0 Å². The number of pyridine rings is 1. The third-order valence-corrected chi connectivity index (χ3v) is 5.89. The first-order valence-electron chi connectivity index (χ1n) is 11.6. The fraction of sp³-hybridized carbons (Fsp3) is 0.222. The monoisotopic (exact) mass is 509 g/mol. The molecule has 0 radical (unpaired) electrons. The molecule has 1 aromatic heterocycles. The van der Waals surface area contributed by atoms with Crippen LogP contribution in [0.25, 0.3) is 6.08 Å². The topological polar surface area (TPSA) is 77.6 Å². The fourth-order valence-electron chi connectivity index (χ4n) is 3.81. The number of nitrogens with zero attached hydrogens (tertiary/aromatic N) is 3. The Morgan fingerprint density at radius 1 is 0.946 bits per heavy atom. The number of hydrogen-bond acceptors (Lipinski definition) is 5. The molecule has 1 fully saturated rings. The number of halogens is 3. The second-order valence-electron chi connectivity index (χ2n) is 8.67. The van der Waals surface area contributed by atoms with E-state index in [0.29, 0.717) is 17.1 Å². The molecule has 3 aromatic rings. The van der Waals surface area contributed by atoms with Crippen LogP contribution in [0.2, 0.25) is 0 Å². The van der Waals surface area contributed by atoms with Gasteiger partial charge in [0.05, 0.1) is 17.4 Å². The third kappa shape index (κ3) is 7.17. The predicted molar refractivity (Wildman–Crippen MR) is 137 cm³/mol. The Morgan fingerprint density at radius 2 is 1.70 bits per heavy atom. The Hall–Kier alpha value is -4.18. The molecule has 0 bridgehead atoms.